The van der Waals surface area contributed by atoms with Gasteiger partial charge >= 0.3 is 0 Å². The molecule has 0 radical (unpaired) electrons. The van der Waals surface area contributed by atoms with Crippen LogP contribution in [-0.2, 0) is 6.54 Å². The fourth-order valence-electron chi connectivity index (χ4n) is 2.04. The molecule has 3 nitrogen and oxygen atoms in total. The number of benzene rings is 1. The van der Waals surface area contributed by atoms with Gasteiger partial charge in [0.1, 0.15) is 0 Å². The molecule has 1 aromatic rings. The quantitative estimate of drug-likeness (QED) is 0.896. The molecular formula is C12H16ClFN2O. The van der Waals surface area contributed by atoms with Gasteiger partial charge in [0.15, 0.2) is 11.6 Å². The molecule has 0 saturated carbocycles. The lowest BCUT2D eigenvalue weighted by atomic mass is 10.1. The highest BCUT2D eigenvalue weighted by atomic mass is 35.5. The molecule has 0 unspecified atom stereocenters. The van der Waals surface area contributed by atoms with E-state index >= 15 is 0 Å². The van der Waals surface area contributed by atoms with Gasteiger partial charge in [0.05, 0.1) is 7.11 Å². The van der Waals surface area contributed by atoms with Gasteiger partial charge in [-0.2, -0.15) is 0 Å². The van der Waals surface area contributed by atoms with E-state index in [4.69, 9.17) is 16.3 Å². The van der Waals surface area contributed by atoms with Crippen molar-refractivity contribution in [2.45, 2.75) is 6.54 Å². The molecule has 2 rings (SSSR count). The van der Waals surface area contributed by atoms with E-state index in [1.807, 2.05) is 0 Å². The van der Waals surface area contributed by atoms with Gasteiger partial charge in [-0.15, -0.1) is 0 Å². The molecule has 1 heterocycles. The molecule has 0 spiro atoms. The van der Waals surface area contributed by atoms with E-state index in [2.05, 4.69) is 10.2 Å². The number of hydrogen-bond acceptors (Lipinski definition) is 3. The minimum Gasteiger partial charge on any atom is -0.493 e. The van der Waals surface area contributed by atoms with Crippen molar-refractivity contribution in [3.8, 4) is 5.75 Å². The van der Waals surface area contributed by atoms with Gasteiger partial charge in [-0.05, 0) is 12.1 Å². The van der Waals surface area contributed by atoms with Gasteiger partial charge in [-0.3, -0.25) is 4.90 Å². The average Bonchev–Trinajstić information content (AvgIpc) is 2.35. The second kappa shape index (κ2) is 5.67. The van der Waals surface area contributed by atoms with Crippen LogP contribution in [0.3, 0.4) is 0 Å². The molecule has 1 N–H and O–H groups in total. The monoisotopic (exact) mass is 258 g/mol. The summed E-state index contributed by atoms with van der Waals surface area (Å²) in [5, 5.41) is 3.83. The standard InChI is InChI=1S/C12H16ClFN2O/c1-17-12-9(10(13)2-3-11(12)14)8-16-6-4-15-5-7-16/h2-3,15H,4-8H2,1H3. The number of ether oxygens (including phenoxy) is 1. The molecule has 5 heteroatoms. The molecule has 1 aliphatic heterocycles. The van der Waals surface area contributed by atoms with Gasteiger partial charge in [-0.1, -0.05) is 11.6 Å². The number of nitrogens with one attached hydrogen (secondary N) is 1. The van der Waals surface area contributed by atoms with Gasteiger partial charge in [0.25, 0.3) is 0 Å². The Hall–Kier alpha value is -0.840. The van der Waals surface area contributed by atoms with Crippen LogP contribution < -0.4 is 10.1 Å². The molecule has 0 bridgehead atoms. The summed E-state index contributed by atoms with van der Waals surface area (Å²) in [5.74, 6) is -0.0990. The summed E-state index contributed by atoms with van der Waals surface area (Å²) in [6.45, 7) is 4.41. The van der Waals surface area contributed by atoms with Gasteiger partial charge < -0.3 is 10.1 Å². The molecule has 1 saturated heterocycles. The Morgan fingerprint density at radius 1 is 1.41 bits per heavy atom. The third-order valence-corrected chi connectivity index (χ3v) is 3.30. The number of piperazine rings is 1. The van der Waals surface area contributed by atoms with Crippen molar-refractivity contribution in [2.24, 2.45) is 0 Å². The van der Waals surface area contributed by atoms with Crippen LogP contribution in [0, 0.1) is 5.82 Å². The fourth-order valence-corrected chi connectivity index (χ4v) is 2.24. The van der Waals surface area contributed by atoms with Crippen molar-refractivity contribution >= 4 is 11.6 Å². The Morgan fingerprint density at radius 3 is 2.76 bits per heavy atom. The Kier molecular flexibility index (Phi) is 4.20. The van der Waals surface area contributed by atoms with Crippen LogP contribution in [0.25, 0.3) is 0 Å². The number of halogens is 2. The first-order valence-corrected chi connectivity index (χ1v) is 6.04. The highest BCUT2D eigenvalue weighted by Crippen LogP contribution is 2.30. The fraction of sp³-hybridized carbons (Fsp3) is 0.500. The Balaban J connectivity index is 2.21. The molecule has 94 valence electrons. The second-order valence-electron chi connectivity index (χ2n) is 4.07. The van der Waals surface area contributed by atoms with Gasteiger partial charge in [0, 0.05) is 43.3 Å². The Labute approximate surface area is 106 Å². The highest BCUT2D eigenvalue weighted by molar-refractivity contribution is 6.31. The number of rotatable bonds is 3. The predicted octanol–water partition coefficient (Wildman–Crippen LogP) is 1.89. The number of methoxy groups -OCH3 is 1. The normalized spacial score (nSPS) is 17.1. The van der Waals surface area contributed by atoms with Crippen molar-refractivity contribution in [3.05, 3.63) is 28.5 Å². The maximum atomic E-state index is 13.6. The highest BCUT2D eigenvalue weighted by Gasteiger charge is 2.17. The lowest BCUT2D eigenvalue weighted by Crippen LogP contribution is -2.43. The number of hydrogen-bond donors (Lipinski definition) is 1. The third kappa shape index (κ3) is 2.89. The summed E-state index contributed by atoms with van der Waals surface area (Å²) in [6.07, 6.45) is 0. The molecule has 0 aliphatic carbocycles. The number of nitrogens with zero attached hydrogens (tertiary/aromatic N) is 1. The van der Waals surface area contributed by atoms with Crippen LogP contribution in [0.4, 0.5) is 4.39 Å². The molecular weight excluding hydrogens is 243 g/mol. The van der Waals surface area contributed by atoms with Crippen LogP contribution in [0.15, 0.2) is 12.1 Å². The van der Waals surface area contributed by atoms with E-state index < -0.39 is 0 Å². The Bertz CT molecular complexity index is 394. The van der Waals surface area contributed by atoms with Crippen LogP contribution >= 0.6 is 11.6 Å². The van der Waals surface area contributed by atoms with Crippen molar-refractivity contribution in [1.29, 1.82) is 0 Å². The van der Waals surface area contributed by atoms with Crippen LogP contribution in [0.2, 0.25) is 5.02 Å². The summed E-state index contributed by atoms with van der Waals surface area (Å²) >= 11 is 6.11. The summed E-state index contributed by atoms with van der Waals surface area (Å²) in [4.78, 5) is 2.24. The average molecular weight is 259 g/mol. The van der Waals surface area contributed by atoms with Crippen LogP contribution in [0.1, 0.15) is 5.56 Å². The maximum absolute atomic E-state index is 13.6. The van der Waals surface area contributed by atoms with Crippen molar-refractivity contribution < 1.29 is 9.13 Å². The lowest BCUT2D eigenvalue weighted by molar-refractivity contribution is 0.229. The first-order valence-electron chi connectivity index (χ1n) is 5.66. The third-order valence-electron chi connectivity index (χ3n) is 2.95. The van der Waals surface area contributed by atoms with E-state index in [1.54, 1.807) is 6.07 Å². The predicted molar refractivity (Wildman–Crippen MR) is 66.1 cm³/mol. The van der Waals surface area contributed by atoms with E-state index in [1.165, 1.54) is 13.2 Å². The summed E-state index contributed by atoms with van der Waals surface area (Å²) < 4.78 is 18.7. The lowest BCUT2D eigenvalue weighted by Gasteiger charge is -2.28. The molecule has 1 aromatic carbocycles. The minimum absolute atomic E-state index is 0.260. The van der Waals surface area contributed by atoms with Crippen molar-refractivity contribution in [1.82, 2.24) is 10.2 Å². The first kappa shape index (κ1) is 12.6. The van der Waals surface area contributed by atoms with Crippen LogP contribution in [-0.4, -0.2) is 38.2 Å². The molecule has 1 fully saturated rings. The molecule has 0 amide bonds. The SMILES string of the molecule is COc1c(F)ccc(Cl)c1CN1CCNCC1. The van der Waals surface area contributed by atoms with Crippen molar-refractivity contribution in [2.75, 3.05) is 33.3 Å². The smallest absolute Gasteiger partial charge is 0.165 e. The zero-order valence-electron chi connectivity index (χ0n) is 9.80. The minimum atomic E-state index is -0.359. The summed E-state index contributed by atoms with van der Waals surface area (Å²) in [5.41, 5.74) is 0.732. The van der Waals surface area contributed by atoms with E-state index in [-0.39, 0.29) is 11.6 Å². The maximum Gasteiger partial charge on any atom is 0.165 e. The zero-order valence-corrected chi connectivity index (χ0v) is 10.6. The first-order chi connectivity index (χ1) is 8.22. The van der Waals surface area contributed by atoms with Crippen LogP contribution in [0.5, 0.6) is 5.75 Å². The summed E-state index contributed by atoms with van der Waals surface area (Å²) in [7, 11) is 1.47. The zero-order chi connectivity index (χ0) is 12.3. The van der Waals surface area contributed by atoms with E-state index in [0.717, 1.165) is 31.7 Å². The topological polar surface area (TPSA) is 24.5 Å². The van der Waals surface area contributed by atoms with Gasteiger partial charge in [-0.25, -0.2) is 4.39 Å². The summed E-state index contributed by atoms with van der Waals surface area (Å²) in [6, 6.07) is 2.92. The molecule has 17 heavy (non-hydrogen) atoms. The molecule has 0 aromatic heterocycles. The van der Waals surface area contributed by atoms with E-state index in [0.29, 0.717) is 11.6 Å². The Morgan fingerprint density at radius 2 is 2.12 bits per heavy atom. The van der Waals surface area contributed by atoms with E-state index in [9.17, 15) is 4.39 Å². The van der Waals surface area contributed by atoms with Gasteiger partial charge in [0.2, 0.25) is 0 Å². The van der Waals surface area contributed by atoms with Crippen molar-refractivity contribution in [3.63, 3.8) is 0 Å². The molecule has 1 aliphatic rings. The molecule has 0 atom stereocenters. The largest absolute Gasteiger partial charge is 0.493 e. The second-order valence-corrected chi connectivity index (χ2v) is 4.47.